The van der Waals surface area contributed by atoms with Gasteiger partial charge in [-0.05, 0) is 56.1 Å². The van der Waals surface area contributed by atoms with Gasteiger partial charge in [0.25, 0.3) is 5.91 Å². The zero-order valence-electron chi connectivity index (χ0n) is 18.7. The average Bonchev–Trinajstić information content (AvgIpc) is 3.17. The maximum absolute atomic E-state index is 12.9. The lowest BCUT2D eigenvalue weighted by atomic mass is 10.1. The van der Waals surface area contributed by atoms with Crippen LogP contribution in [0, 0.1) is 0 Å². The van der Waals surface area contributed by atoms with Crippen LogP contribution in [0.1, 0.15) is 31.9 Å². The number of amides is 1. The molecule has 0 bridgehead atoms. The number of halogens is 1. The predicted molar refractivity (Wildman–Crippen MR) is 127 cm³/mol. The molecule has 0 saturated carbocycles. The molecule has 166 valence electrons. The smallest absolute Gasteiger partial charge is 0.251 e. The predicted octanol–water partition coefficient (Wildman–Crippen LogP) is 5.06. The highest BCUT2D eigenvalue weighted by Gasteiger charge is 2.26. The van der Waals surface area contributed by atoms with Gasteiger partial charge in [0.05, 0.1) is 12.8 Å². The van der Waals surface area contributed by atoms with E-state index in [1.807, 2.05) is 36.4 Å². The second-order valence-electron chi connectivity index (χ2n) is 7.80. The molecule has 6 heteroatoms. The van der Waals surface area contributed by atoms with Crippen LogP contribution in [0.3, 0.4) is 0 Å². The molecule has 1 aliphatic heterocycles. The van der Waals surface area contributed by atoms with Gasteiger partial charge < -0.3 is 14.4 Å². The van der Waals surface area contributed by atoms with Crippen LogP contribution in [0.4, 0.5) is 5.69 Å². The average molecular weight is 443 g/mol. The molecule has 1 amide bonds. The Hall–Kier alpha value is -2.50. The van der Waals surface area contributed by atoms with Crippen LogP contribution in [0.25, 0.3) is 6.08 Å². The van der Waals surface area contributed by atoms with Crippen molar-refractivity contribution in [2.24, 2.45) is 0 Å². The van der Waals surface area contributed by atoms with Crippen LogP contribution < -0.4 is 14.4 Å². The number of anilines is 1. The molecule has 0 radical (unpaired) electrons. The molecule has 0 unspecified atom stereocenters. The van der Waals surface area contributed by atoms with Crippen molar-refractivity contribution < 1.29 is 14.3 Å². The standard InChI is InChI=1S/C25H31ClN2O3/c1-5-27(18(2)3)14-15-31-24-17-22-20(16-23(24)30-4)12-13-28(22)25(29)11-10-19-8-6-7-9-21(19)26/h6-11,16-18H,5,12-15H2,1-4H3/b11-10+. The van der Waals surface area contributed by atoms with Gasteiger partial charge in [0.1, 0.15) is 6.61 Å². The van der Waals surface area contributed by atoms with E-state index in [0.29, 0.717) is 35.7 Å². The highest BCUT2D eigenvalue weighted by Crippen LogP contribution is 2.39. The van der Waals surface area contributed by atoms with Crippen molar-refractivity contribution in [3.05, 3.63) is 58.6 Å². The number of hydrogen-bond acceptors (Lipinski definition) is 4. The van der Waals surface area contributed by atoms with E-state index in [1.165, 1.54) is 0 Å². The lowest BCUT2D eigenvalue weighted by Crippen LogP contribution is -2.34. The Labute approximate surface area is 190 Å². The largest absolute Gasteiger partial charge is 0.493 e. The van der Waals surface area contributed by atoms with Gasteiger partial charge in [-0.3, -0.25) is 9.69 Å². The molecule has 3 rings (SSSR count). The van der Waals surface area contributed by atoms with Crippen LogP contribution in [0.5, 0.6) is 11.5 Å². The number of likely N-dealkylation sites (N-methyl/N-ethyl adjacent to an activating group) is 1. The molecule has 0 N–H and O–H groups in total. The van der Waals surface area contributed by atoms with Crippen LogP contribution in [-0.2, 0) is 11.2 Å². The van der Waals surface area contributed by atoms with E-state index in [-0.39, 0.29) is 5.91 Å². The number of carbonyl (C=O) groups is 1. The fraction of sp³-hybridized carbons (Fsp3) is 0.400. The van der Waals surface area contributed by atoms with Crippen LogP contribution in [0.15, 0.2) is 42.5 Å². The fourth-order valence-electron chi connectivity index (χ4n) is 3.81. The lowest BCUT2D eigenvalue weighted by molar-refractivity contribution is -0.114. The van der Waals surface area contributed by atoms with E-state index in [9.17, 15) is 4.79 Å². The van der Waals surface area contributed by atoms with Crippen LogP contribution in [0.2, 0.25) is 5.02 Å². The van der Waals surface area contributed by atoms with Gasteiger partial charge in [-0.1, -0.05) is 36.7 Å². The minimum Gasteiger partial charge on any atom is -0.493 e. The second kappa shape index (κ2) is 10.7. The number of carbonyl (C=O) groups excluding carboxylic acids is 1. The molecule has 31 heavy (non-hydrogen) atoms. The lowest BCUT2D eigenvalue weighted by Gasteiger charge is -2.25. The molecule has 0 aromatic heterocycles. The number of benzene rings is 2. The van der Waals surface area contributed by atoms with Gasteiger partial charge in [0, 0.05) is 36.3 Å². The summed E-state index contributed by atoms with van der Waals surface area (Å²) in [4.78, 5) is 17.0. The Bertz CT molecular complexity index is 942. The van der Waals surface area contributed by atoms with E-state index in [4.69, 9.17) is 21.1 Å². The maximum Gasteiger partial charge on any atom is 0.251 e. The molecule has 0 fully saturated rings. The summed E-state index contributed by atoms with van der Waals surface area (Å²) in [5.41, 5.74) is 2.78. The zero-order valence-corrected chi connectivity index (χ0v) is 19.5. The molecule has 0 spiro atoms. The zero-order chi connectivity index (χ0) is 22.4. The van der Waals surface area contributed by atoms with Gasteiger partial charge in [-0.25, -0.2) is 0 Å². The Kier molecular flexibility index (Phi) is 7.99. The van der Waals surface area contributed by atoms with Gasteiger partial charge in [0.2, 0.25) is 0 Å². The number of rotatable bonds is 9. The minimum atomic E-state index is -0.0771. The van der Waals surface area contributed by atoms with E-state index < -0.39 is 0 Å². The van der Waals surface area contributed by atoms with Crippen LogP contribution in [-0.4, -0.2) is 50.2 Å². The fourth-order valence-corrected chi connectivity index (χ4v) is 4.01. The number of hydrogen-bond donors (Lipinski definition) is 0. The molecule has 5 nitrogen and oxygen atoms in total. The van der Waals surface area contributed by atoms with Crippen molar-refractivity contribution in [1.82, 2.24) is 4.90 Å². The Morgan fingerprint density at radius 3 is 2.71 bits per heavy atom. The van der Waals surface area contributed by atoms with Crippen molar-refractivity contribution in [2.75, 3.05) is 38.3 Å². The molecule has 2 aromatic rings. The number of ether oxygens (including phenoxy) is 2. The maximum atomic E-state index is 12.9. The molecular formula is C25H31ClN2O3. The summed E-state index contributed by atoms with van der Waals surface area (Å²) < 4.78 is 11.6. The Morgan fingerprint density at radius 2 is 2.03 bits per heavy atom. The molecule has 0 aliphatic carbocycles. The van der Waals surface area contributed by atoms with E-state index in [2.05, 4.69) is 25.7 Å². The third-order valence-corrected chi connectivity index (χ3v) is 5.95. The number of fused-ring (bicyclic) bond motifs is 1. The van der Waals surface area contributed by atoms with Crippen molar-refractivity contribution >= 4 is 29.3 Å². The second-order valence-corrected chi connectivity index (χ2v) is 8.20. The molecule has 1 heterocycles. The van der Waals surface area contributed by atoms with Gasteiger partial charge in [0.15, 0.2) is 11.5 Å². The highest BCUT2D eigenvalue weighted by molar-refractivity contribution is 6.32. The minimum absolute atomic E-state index is 0.0771. The van der Waals surface area contributed by atoms with Crippen molar-refractivity contribution in [3.8, 4) is 11.5 Å². The van der Waals surface area contributed by atoms with Gasteiger partial charge >= 0.3 is 0 Å². The van der Waals surface area contributed by atoms with Crippen molar-refractivity contribution in [1.29, 1.82) is 0 Å². The monoisotopic (exact) mass is 442 g/mol. The summed E-state index contributed by atoms with van der Waals surface area (Å²) in [6.07, 6.45) is 4.12. The van der Waals surface area contributed by atoms with Crippen molar-refractivity contribution in [3.63, 3.8) is 0 Å². The quantitative estimate of drug-likeness (QED) is 0.509. The van der Waals surface area contributed by atoms with E-state index in [1.54, 1.807) is 24.2 Å². The SMILES string of the molecule is CCN(CCOc1cc2c(cc1OC)CCN2C(=O)/C=C/c1ccccc1Cl)C(C)C. The summed E-state index contributed by atoms with van der Waals surface area (Å²) in [5.74, 6) is 1.29. The van der Waals surface area contributed by atoms with E-state index in [0.717, 1.165) is 36.3 Å². The summed E-state index contributed by atoms with van der Waals surface area (Å²) >= 11 is 6.19. The number of nitrogens with zero attached hydrogens (tertiary/aromatic N) is 2. The third-order valence-electron chi connectivity index (χ3n) is 5.61. The van der Waals surface area contributed by atoms with Gasteiger partial charge in [-0.15, -0.1) is 0 Å². The topological polar surface area (TPSA) is 42.0 Å². The summed E-state index contributed by atoms with van der Waals surface area (Å²) in [6.45, 7) is 9.50. The Morgan fingerprint density at radius 1 is 1.26 bits per heavy atom. The Balaban J connectivity index is 1.75. The van der Waals surface area contributed by atoms with Crippen molar-refractivity contribution in [2.45, 2.75) is 33.2 Å². The van der Waals surface area contributed by atoms with E-state index >= 15 is 0 Å². The summed E-state index contributed by atoms with van der Waals surface area (Å²) in [5, 5.41) is 0.622. The summed E-state index contributed by atoms with van der Waals surface area (Å²) in [6, 6.07) is 11.8. The molecule has 0 saturated heterocycles. The normalized spacial score (nSPS) is 13.3. The van der Waals surface area contributed by atoms with Gasteiger partial charge in [-0.2, -0.15) is 0 Å². The first-order chi connectivity index (χ1) is 14.9. The number of methoxy groups -OCH3 is 1. The van der Waals surface area contributed by atoms with Crippen LogP contribution >= 0.6 is 11.6 Å². The first-order valence-corrected chi connectivity index (χ1v) is 11.1. The molecule has 2 aromatic carbocycles. The molecule has 0 atom stereocenters. The molecular weight excluding hydrogens is 412 g/mol. The molecule has 1 aliphatic rings. The first-order valence-electron chi connectivity index (χ1n) is 10.8. The first kappa shape index (κ1) is 23.2. The third kappa shape index (κ3) is 5.60. The highest BCUT2D eigenvalue weighted by atomic mass is 35.5. The summed E-state index contributed by atoms with van der Waals surface area (Å²) in [7, 11) is 1.64.